The molecule has 1 aliphatic rings. The molecule has 0 unspecified atom stereocenters. The molecule has 1 aromatic carbocycles. The van der Waals surface area contributed by atoms with E-state index in [-0.39, 0.29) is 0 Å². The van der Waals surface area contributed by atoms with Gasteiger partial charge in [-0.25, -0.2) is 4.98 Å². The van der Waals surface area contributed by atoms with Gasteiger partial charge in [0.15, 0.2) is 0 Å². The van der Waals surface area contributed by atoms with Crippen LogP contribution in [0, 0.1) is 0 Å². The largest absolute Gasteiger partial charge is 0.424 e. The van der Waals surface area contributed by atoms with Crippen molar-refractivity contribution in [3.8, 4) is 0 Å². The van der Waals surface area contributed by atoms with Crippen LogP contribution in [0.3, 0.4) is 0 Å². The molecule has 130 valence electrons. The zero-order valence-corrected chi connectivity index (χ0v) is 14.2. The average molecular weight is 338 g/mol. The van der Waals surface area contributed by atoms with E-state index in [2.05, 4.69) is 37.3 Å². The van der Waals surface area contributed by atoms with E-state index in [0.29, 0.717) is 30.8 Å². The second-order valence-corrected chi connectivity index (χ2v) is 6.49. The topological polar surface area (TPSA) is 72.9 Å². The van der Waals surface area contributed by atoms with E-state index < -0.39 is 0 Å². The molecule has 7 heteroatoms. The zero-order valence-electron chi connectivity index (χ0n) is 14.2. The number of benzene rings is 1. The molecule has 2 aromatic heterocycles. The number of hydrogen-bond donors (Lipinski definition) is 0. The van der Waals surface area contributed by atoms with Crippen molar-refractivity contribution >= 4 is 0 Å². The number of likely N-dealkylation sites (tertiary alicyclic amines) is 1. The van der Waals surface area contributed by atoms with E-state index in [1.807, 2.05) is 22.9 Å². The summed E-state index contributed by atoms with van der Waals surface area (Å²) in [7, 11) is 0. The summed E-state index contributed by atoms with van der Waals surface area (Å²) >= 11 is 0. The lowest BCUT2D eigenvalue weighted by Gasteiger charge is -2.34. The minimum Gasteiger partial charge on any atom is -0.424 e. The highest BCUT2D eigenvalue weighted by Gasteiger charge is 2.24. The molecule has 4 rings (SSSR count). The van der Waals surface area contributed by atoms with Crippen LogP contribution in [-0.2, 0) is 19.5 Å². The Morgan fingerprint density at radius 2 is 1.96 bits per heavy atom. The summed E-state index contributed by atoms with van der Waals surface area (Å²) in [5.41, 5.74) is 1.18. The highest BCUT2D eigenvalue weighted by molar-refractivity contribution is 5.17. The first kappa shape index (κ1) is 16.0. The van der Waals surface area contributed by atoms with Crippen LogP contribution in [0.15, 0.2) is 47.4 Å². The molecule has 1 aliphatic heterocycles. The van der Waals surface area contributed by atoms with Gasteiger partial charge in [0.2, 0.25) is 11.8 Å². The lowest BCUT2D eigenvalue weighted by Crippen LogP contribution is -2.41. The summed E-state index contributed by atoms with van der Waals surface area (Å²) in [5.74, 6) is 1.36. The van der Waals surface area contributed by atoms with Gasteiger partial charge in [0.1, 0.15) is 12.7 Å². The van der Waals surface area contributed by atoms with Crippen molar-refractivity contribution < 1.29 is 4.42 Å². The van der Waals surface area contributed by atoms with E-state index in [9.17, 15) is 0 Å². The predicted octanol–water partition coefficient (Wildman–Crippen LogP) is 2.31. The Morgan fingerprint density at radius 1 is 1.08 bits per heavy atom. The summed E-state index contributed by atoms with van der Waals surface area (Å²) in [4.78, 5) is 6.45. The lowest BCUT2D eigenvalue weighted by atomic mass is 10.0. The molecule has 3 aromatic rings. The van der Waals surface area contributed by atoms with E-state index in [4.69, 9.17) is 4.42 Å². The van der Waals surface area contributed by atoms with Gasteiger partial charge < -0.3 is 4.42 Å². The van der Waals surface area contributed by atoms with E-state index in [1.54, 1.807) is 12.7 Å². The van der Waals surface area contributed by atoms with Gasteiger partial charge in [-0.3, -0.25) is 9.58 Å². The van der Waals surface area contributed by atoms with Crippen LogP contribution in [0.25, 0.3) is 0 Å². The van der Waals surface area contributed by atoms with E-state index in [0.717, 1.165) is 19.5 Å². The first-order chi connectivity index (χ1) is 12.4. The van der Waals surface area contributed by atoms with Gasteiger partial charge >= 0.3 is 0 Å². The third-order valence-corrected chi connectivity index (χ3v) is 4.66. The number of hydrogen-bond acceptors (Lipinski definition) is 6. The molecule has 0 saturated carbocycles. The Kier molecular flexibility index (Phi) is 4.83. The highest BCUT2D eigenvalue weighted by atomic mass is 16.4. The Bertz CT molecular complexity index is 770. The minimum absolute atomic E-state index is 0.430. The number of rotatable bonds is 6. The molecular weight excluding hydrogens is 316 g/mol. The molecule has 25 heavy (non-hydrogen) atoms. The molecule has 0 aliphatic carbocycles. The maximum atomic E-state index is 5.88. The van der Waals surface area contributed by atoms with Crippen LogP contribution < -0.4 is 0 Å². The molecular formula is C18H22N6O. The van der Waals surface area contributed by atoms with Crippen molar-refractivity contribution in [2.45, 2.75) is 44.8 Å². The van der Waals surface area contributed by atoms with Crippen molar-refractivity contribution in [2.24, 2.45) is 0 Å². The number of aromatic nitrogens is 5. The third kappa shape index (κ3) is 4.11. The zero-order chi connectivity index (χ0) is 16.9. The molecule has 1 atom stereocenters. The smallest absolute Gasteiger partial charge is 0.230 e. The monoisotopic (exact) mass is 338 g/mol. The predicted molar refractivity (Wildman–Crippen MR) is 91.6 cm³/mol. The molecule has 0 spiro atoms. The lowest BCUT2D eigenvalue weighted by molar-refractivity contribution is 0.110. The van der Waals surface area contributed by atoms with Gasteiger partial charge in [0.25, 0.3) is 0 Å². The van der Waals surface area contributed by atoms with Crippen LogP contribution in [-0.4, -0.2) is 42.4 Å². The fourth-order valence-corrected chi connectivity index (χ4v) is 3.39. The Balaban J connectivity index is 1.40. The van der Waals surface area contributed by atoms with E-state index >= 15 is 0 Å². The molecule has 3 heterocycles. The summed E-state index contributed by atoms with van der Waals surface area (Å²) in [6.07, 6.45) is 7.65. The van der Waals surface area contributed by atoms with Gasteiger partial charge in [-0.05, 0) is 24.9 Å². The normalized spacial score (nSPS) is 18.5. The van der Waals surface area contributed by atoms with Crippen molar-refractivity contribution in [1.82, 2.24) is 29.9 Å². The molecule has 0 radical (unpaired) electrons. The fraction of sp³-hybridized carbons (Fsp3) is 0.444. The van der Waals surface area contributed by atoms with Crippen LogP contribution in [0.4, 0.5) is 0 Å². The Morgan fingerprint density at radius 3 is 2.80 bits per heavy atom. The van der Waals surface area contributed by atoms with Crippen LogP contribution in [0.5, 0.6) is 0 Å². The maximum Gasteiger partial charge on any atom is 0.230 e. The Labute approximate surface area is 146 Å². The average Bonchev–Trinajstić information content (AvgIpc) is 3.30. The van der Waals surface area contributed by atoms with Gasteiger partial charge in [0, 0.05) is 6.04 Å². The maximum absolute atomic E-state index is 5.88. The first-order valence-electron chi connectivity index (χ1n) is 8.78. The number of nitrogens with zero attached hydrogens (tertiary/aromatic N) is 6. The molecule has 0 bridgehead atoms. The third-order valence-electron chi connectivity index (χ3n) is 4.66. The van der Waals surface area contributed by atoms with Crippen molar-refractivity contribution in [2.75, 3.05) is 6.54 Å². The SMILES string of the molecule is c1ccc(Cc2nnc(CN3CCCC[C@@H]3Cn3cncn3)o2)cc1. The standard InChI is InChI=1S/C18H22N6O/c1-2-6-15(7-3-1)10-17-21-22-18(25-17)12-23-9-5-4-8-16(23)11-24-14-19-13-20-24/h1-3,6-7,13-14,16H,4-5,8-12H2/t16-/m1/s1. The molecule has 1 saturated heterocycles. The van der Waals surface area contributed by atoms with Crippen LogP contribution in [0.1, 0.15) is 36.6 Å². The summed E-state index contributed by atoms with van der Waals surface area (Å²) < 4.78 is 7.78. The first-order valence-corrected chi connectivity index (χ1v) is 8.78. The fourth-order valence-electron chi connectivity index (χ4n) is 3.39. The van der Waals surface area contributed by atoms with E-state index in [1.165, 1.54) is 18.4 Å². The minimum atomic E-state index is 0.430. The molecule has 0 amide bonds. The number of piperidine rings is 1. The molecule has 7 nitrogen and oxygen atoms in total. The summed E-state index contributed by atoms with van der Waals surface area (Å²) in [6.45, 7) is 2.60. The highest BCUT2D eigenvalue weighted by Crippen LogP contribution is 2.21. The van der Waals surface area contributed by atoms with Gasteiger partial charge in [-0.15, -0.1) is 10.2 Å². The van der Waals surface area contributed by atoms with Gasteiger partial charge in [-0.1, -0.05) is 36.8 Å². The van der Waals surface area contributed by atoms with Gasteiger partial charge in [-0.2, -0.15) is 5.10 Å². The van der Waals surface area contributed by atoms with Crippen molar-refractivity contribution in [1.29, 1.82) is 0 Å². The van der Waals surface area contributed by atoms with Crippen LogP contribution in [0.2, 0.25) is 0 Å². The molecule has 0 N–H and O–H groups in total. The Hall–Kier alpha value is -2.54. The summed E-state index contributed by atoms with van der Waals surface area (Å²) in [5, 5.41) is 12.7. The van der Waals surface area contributed by atoms with Crippen molar-refractivity contribution in [3.63, 3.8) is 0 Å². The second kappa shape index (κ2) is 7.57. The summed E-state index contributed by atoms with van der Waals surface area (Å²) in [6, 6.07) is 10.6. The second-order valence-electron chi connectivity index (χ2n) is 6.49. The molecule has 1 fully saturated rings. The quantitative estimate of drug-likeness (QED) is 0.687. The van der Waals surface area contributed by atoms with Crippen molar-refractivity contribution in [3.05, 3.63) is 60.3 Å². The van der Waals surface area contributed by atoms with Gasteiger partial charge in [0.05, 0.1) is 19.5 Å². The van der Waals surface area contributed by atoms with Crippen LogP contribution >= 0.6 is 0 Å².